The number of amides is 4. The van der Waals surface area contributed by atoms with Crippen LogP contribution in [-0.4, -0.2) is 71.1 Å². The number of methoxy groups -OCH3 is 1. The lowest BCUT2D eigenvalue weighted by molar-refractivity contribution is -0.188. The van der Waals surface area contributed by atoms with Gasteiger partial charge in [-0.05, 0) is 41.0 Å². The topological polar surface area (TPSA) is 85.4 Å². The summed E-state index contributed by atoms with van der Waals surface area (Å²) in [5.74, 6) is 0.239. The first-order valence-electron chi connectivity index (χ1n) is 12.8. The summed E-state index contributed by atoms with van der Waals surface area (Å²) in [5.41, 5.74) is 2.27. The van der Waals surface area contributed by atoms with E-state index in [1.807, 2.05) is 54.6 Å². The Morgan fingerprint density at radius 1 is 1.02 bits per heavy atom. The molecule has 0 unspecified atom stereocenters. The monoisotopic (exact) mass is 581 g/mol. The Balaban J connectivity index is 1.46. The van der Waals surface area contributed by atoms with E-state index in [-0.39, 0.29) is 44.0 Å². The van der Waals surface area contributed by atoms with E-state index in [4.69, 9.17) is 27.9 Å². The number of fused-ring (bicyclic) bond motifs is 1. The van der Waals surface area contributed by atoms with Crippen molar-refractivity contribution in [2.24, 2.45) is 0 Å². The average Bonchev–Trinajstić information content (AvgIpc) is 2.94. The standard InChI is InChI=1S/C29H29Cl2N5O4/c1-33-18-26(37)35-25(36(33)29(39)32-15-19-8-12-23(40-2)13-9-19)17-34(16-21-10-11-22(30)14-24(21)31)28(38)27(35)20-6-4-3-5-7-20/h3-14,25,27H,15-18H2,1-2H3,(H,32,39)/t25-,27-/m0/s1. The minimum Gasteiger partial charge on any atom is -0.497 e. The van der Waals surface area contributed by atoms with Crippen LogP contribution in [0.25, 0.3) is 0 Å². The number of carbonyl (C=O) groups excluding carboxylic acids is 3. The van der Waals surface area contributed by atoms with Crippen molar-refractivity contribution in [1.29, 1.82) is 0 Å². The lowest BCUT2D eigenvalue weighted by Crippen LogP contribution is -2.73. The highest BCUT2D eigenvalue weighted by Crippen LogP contribution is 2.35. The predicted octanol–water partition coefficient (Wildman–Crippen LogP) is 4.31. The largest absolute Gasteiger partial charge is 0.497 e. The number of rotatable bonds is 6. The van der Waals surface area contributed by atoms with Gasteiger partial charge in [0.2, 0.25) is 5.91 Å². The van der Waals surface area contributed by atoms with Gasteiger partial charge < -0.3 is 19.9 Å². The van der Waals surface area contributed by atoms with E-state index in [0.717, 1.165) is 11.3 Å². The summed E-state index contributed by atoms with van der Waals surface area (Å²) in [6.45, 7) is 0.528. The first kappa shape index (κ1) is 27.8. The molecule has 2 heterocycles. The molecule has 11 heteroatoms. The highest BCUT2D eigenvalue weighted by Gasteiger charge is 2.51. The van der Waals surface area contributed by atoms with Crippen molar-refractivity contribution in [2.45, 2.75) is 25.3 Å². The van der Waals surface area contributed by atoms with Gasteiger partial charge in [0.05, 0.1) is 20.2 Å². The third-order valence-corrected chi connectivity index (χ3v) is 7.72. The summed E-state index contributed by atoms with van der Waals surface area (Å²) in [5, 5.41) is 7.00. The molecule has 5 rings (SSSR count). The van der Waals surface area contributed by atoms with Crippen LogP contribution in [0.2, 0.25) is 10.0 Å². The van der Waals surface area contributed by atoms with Crippen molar-refractivity contribution < 1.29 is 19.1 Å². The maximum atomic E-state index is 14.0. The van der Waals surface area contributed by atoms with Crippen molar-refractivity contribution in [2.75, 3.05) is 27.2 Å². The van der Waals surface area contributed by atoms with Crippen molar-refractivity contribution in [1.82, 2.24) is 25.1 Å². The zero-order chi connectivity index (χ0) is 28.4. The molecule has 0 saturated carbocycles. The molecular weight excluding hydrogens is 553 g/mol. The van der Waals surface area contributed by atoms with E-state index in [0.29, 0.717) is 21.2 Å². The van der Waals surface area contributed by atoms with Crippen LogP contribution < -0.4 is 10.1 Å². The number of hydrazine groups is 1. The number of likely N-dealkylation sites (N-methyl/N-ethyl adjacent to an activating group) is 1. The molecule has 0 spiro atoms. The number of ether oxygens (including phenoxy) is 1. The van der Waals surface area contributed by atoms with Crippen LogP contribution in [0.3, 0.4) is 0 Å². The summed E-state index contributed by atoms with van der Waals surface area (Å²) in [4.78, 5) is 44.2. The molecule has 0 aliphatic carbocycles. The normalized spacial score (nSPS) is 19.4. The van der Waals surface area contributed by atoms with Gasteiger partial charge in [-0.3, -0.25) is 9.59 Å². The Morgan fingerprint density at radius 2 is 1.75 bits per heavy atom. The SMILES string of the molecule is COc1ccc(CNC(=O)N2[C@H]3CN(Cc4ccc(Cl)cc4Cl)C(=O)[C@H](c4ccccc4)N3C(=O)CN2C)cc1. The van der Waals surface area contributed by atoms with Crippen LogP contribution >= 0.6 is 23.2 Å². The van der Waals surface area contributed by atoms with Gasteiger partial charge in [-0.15, -0.1) is 0 Å². The van der Waals surface area contributed by atoms with Crippen LogP contribution in [0.1, 0.15) is 22.7 Å². The number of carbonyl (C=O) groups is 3. The minimum atomic E-state index is -0.899. The smallest absolute Gasteiger partial charge is 0.334 e. The number of hydrogen-bond donors (Lipinski definition) is 1. The molecule has 40 heavy (non-hydrogen) atoms. The highest BCUT2D eigenvalue weighted by molar-refractivity contribution is 6.35. The molecule has 2 fully saturated rings. The van der Waals surface area contributed by atoms with Crippen LogP contribution in [0.4, 0.5) is 4.79 Å². The van der Waals surface area contributed by atoms with Gasteiger partial charge in [0.25, 0.3) is 5.91 Å². The van der Waals surface area contributed by atoms with Crippen LogP contribution in [0, 0.1) is 0 Å². The molecule has 4 amide bonds. The van der Waals surface area contributed by atoms with E-state index < -0.39 is 12.2 Å². The Bertz CT molecular complexity index is 1410. The molecule has 2 atom stereocenters. The van der Waals surface area contributed by atoms with E-state index in [1.165, 1.54) is 9.91 Å². The van der Waals surface area contributed by atoms with Crippen LogP contribution in [-0.2, 0) is 22.7 Å². The van der Waals surface area contributed by atoms with Crippen LogP contribution in [0.5, 0.6) is 5.75 Å². The third kappa shape index (κ3) is 5.58. The molecule has 2 saturated heterocycles. The van der Waals surface area contributed by atoms with Gasteiger partial charge in [-0.2, -0.15) is 0 Å². The molecule has 0 bridgehead atoms. The van der Waals surface area contributed by atoms with Gasteiger partial charge in [0.15, 0.2) is 0 Å². The third-order valence-electron chi connectivity index (χ3n) is 7.13. The van der Waals surface area contributed by atoms with Gasteiger partial charge in [0.1, 0.15) is 18.0 Å². The Morgan fingerprint density at radius 3 is 2.42 bits per heavy atom. The van der Waals surface area contributed by atoms with E-state index >= 15 is 0 Å². The number of nitrogens with zero attached hydrogens (tertiary/aromatic N) is 4. The summed E-state index contributed by atoms with van der Waals surface area (Å²) in [6, 6.07) is 20.4. The van der Waals surface area contributed by atoms with Gasteiger partial charge in [-0.1, -0.05) is 71.7 Å². The molecule has 2 aliphatic rings. The van der Waals surface area contributed by atoms with Crippen molar-refractivity contribution in [3.8, 4) is 5.75 Å². The molecule has 2 aliphatic heterocycles. The fourth-order valence-electron chi connectivity index (χ4n) is 5.15. The maximum absolute atomic E-state index is 14.0. The number of benzene rings is 3. The second-order valence-electron chi connectivity index (χ2n) is 9.72. The van der Waals surface area contributed by atoms with Crippen molar-refractivity contribution in [3.05, 3.63) is 99.5 Å². The molecule has 9 nitrogen and oxygen atoms in total. The molecule has 208 valence electrons. The molecule has 3 aromatic carbocycles. The summed E-state index contributed by atoms with van der Waals surface area (Å²) >= 11 is 12.5. The van der Waals surface area contributed by atoms with Gasteiger partial charge in [0, 0.05) is 30.2 Å². The first-order chi connectivity index (χ1) is 19.3. The lowest BCUT2D eigenvalue weighted by atomic mass is 9.98. The zero-order valence-electron chi connectivity index (χ0n) is 22.1. The van der Waals surface area contributed by atoms with Crippen molar-refractivity contribution >= 4 is 41.0 Å². The molecular formula is C29H29Cl2N5O4. The lowest BCUT2D eigenvalue weighted by Gasteiger charge is -2.54. The Hall–Kier alpha value is -3.79. The number of hydrogen-bond acceptors (Lipinski definition) is 5. The van der Waals surface area contributed by atoms with E-state index in [2.05, 4.69) is 5.32 Å². The van der Waals surface area contributed by atoms with E-state index in [1.54, 1.807) is 42.3 Å². The Labute approximate surface area is 242 Å². The van der Waals surface area contributed by atoms with Gasteiger partial charge in [-0.25, -0.2) is 14.8 Å². The summed E-state index contributed by atoms with van der Waals surface area (Å²) in [7, 11) is 3.29. The fourth-order valence-corrected chi connectivity index (χ4v) is 5.62. The predicted molar refractivity (Wildman–Crippen MR) is 151 cm³/mol. The quantitative estimate of drug-likeness (QED) is 0.469. The summed E-state index contributed by atoms with van der Waals surface area (Å²) < 4.78 is 5.21. The average molecular weight is 582 g/mol. The number of nitrogens with one attached hydrogen (secondary N) is 1. The van der Waals surface area contributed by atoms with E-state index in [9.17, 15) is 14.4 Å². The minimum absolute atomic E-state index is 0.0495. The first-order valence-corrected chi connectivity index (χ1v) is 13.5. The van der Waals surface area contributed by atoms with Gasteiger partial charge >= 0.3 is 6.03 Å². The van der Waals surface area contributed by atoms with Crippen LogP contribution in [0.15, 0.2) is 72.8 Å². The fraction of sp³-hybridized carbons (Fsp3) is 0.276. The maximum Gasteiger partial charge on any atom is 0.334 e. The number of piperazine rings is 1. The molecule has 1 N–H and O–H groups in total. The van der Waals surface area contributed by atoms with Crippen molar-refractivity contribution in [3.63, 3.8) is 0 Å². The number of halogens is 2. The second-order valence-corrected chi connectivity index (χ2v) is 10.6. The number of urea groups is 1. The molecule has 3 aromatic rings. The zero-order valence-corrected chi connectivity index (χ0v) is 23.6. The second kappa shape index (κ2) is 11.8. The highest BCUT2D eigenvalue weighted by atomic mass is 35.5. The Kier molecular flexibility index (Phi) is 8.16. The summed E-state index contributed by atoms with van der Waals surface area (Å²) in [6.07, 6.45) is -0.740. The molecule has 0 radical (unpaired) electrons. The molecule has 0 aromatic heterocycles.